The van der Waals surface area contributed by atoms with Gasteiger partial charge in [0, 0.05) is 25.0 Å². The second-order valence-electron chi connectivity index (χ2n) is 6.05. The molecule has 0 spiro atoms. The molecule has 1 aliphatic rings. The lowest BCUT2D eigenvalue weighted by molar-refractivity contribution is 0.0741. The fourth-order valence-electron chi connectivity index (χ4n) is 3.07. The molecule has 116 valence electrons. The Kier molecular flexibility index (Phi) is 3.70. The summed E-state index contributed by atoms with van der Waals surface area (Å²) in [7, 11) is 0. The van der Waals surface area contributed by atoms with Gasteiger partial charge >= 0.3 is 0 Å². The minimum atomic E-state index is -0.321. The molecule has 0 radical (unpaired) electrons. The van der Waals surface area contributed by atoms with Crippen molar-refractivity contribution in [2.45, 2.75) is 26.3 Å². The van der Waals surface area contributed by atoms with Crippen molar-refractivity contribution in [1.82, 2.24) is 14.3 Å². The number of nitrogens with two attached hydrogens (primary N) is 1. The summed E-state index contributed by atoms with van der Waals surface area (Å²) in [5.41, 5.74) is 7.07. The first kappa shape index (κ1) is 14.7. The van der Waals surface area contributed by atoms with Crippen molar-refractivity contribution in [2.75, 3.05) is 13.1 Å². The molecule has 3 heterocycles. The third kappa shape index (κ3) is 2.39. The van der Waals surface area contributed by atoms with E-state index in [1.807, 2.05) is 26.0 Å². The molecule has 1 fully saturated rings. The van der Waals surface area contributed by atoms with Crippen molar-refractivity contribution in [2.24, 2.45) is 11.7 Å². The molecule has 6 heteroatoms. The van der Waals surface area contributed by atoms with Crippen LogP contribution in [0.3, 0.4) is 0 Å². The van der Waals surface area contributed by atoms with E-state index in [-0.39, 0.29) is 23.1 Å². The molecular formula is C16H20N4O2. The largest absolute Gasteiger partial charge is 0.335 e. The summed E-state index contributed by atoms with van der Waals surface area (Å²) in [4.78, 5) is 31.2. The first-order valence-electron chi connectivity index (χ1n) is 7.50. The molecule has 2 atom stereocenters. The molecule has 1 saturated heterocycles. The average Bonchev–Trinajstić information content (AvgIpc) is 2.88. The Morgan fingerprint density at radius 3 is 2.95 bits per heavy atom. The van der Waals surface area contributed by atoms with Gasteiger partial charge in [-0.15, -0.1) is 0 Å². The van der Waals surface area contributed by atoms with Crippen molar-refractivity contribution < 1.29 is 4.79 Å². The predicted molar refractivity (Wildman–Crippen MR) is 83.9 cm³/mol. The fraction of sp³-hybridized carbons (Fsp3) is 0.438. The molecule has 2 N–H and O–H groups in total. The van der Waals surface area contributed by atoms with Gasteiger partial charge in [-0.1, -0.05) is 0 Å². The highest BCUT2D eigenvalue weighted by Crippen LogP contribution is 2.23. The Morgan fingerprint density at radius 1 is 1.50 bits per heavy atom. The Balaban J connectivity index is 2.00. The lowest BCUT2D eigenvalue weighted by Crippen LogP contribution is -2.38. The van der Waals surface area contributed by atoms with Crippen LogP contribution in [0.1, 0.15) is 29.3 Å². The van der Waals surface area contributed by atoms with E-state index in [1.165, 1.54) is 10.6 Å². The van der Waals surface area contributed by atoms with E-state index in [0.717, 1.165) is 12.0 Å². The molecule has 0 saturated carbocycles. The molecule has 0 aromatic carbocycles. The highest BCUT2D eigenvalue weighted by atomic mass is 16.2. The van der Waals surface area contributed by atoms with Gasteiger partial charge < -0.3 is 10.6 Å². The van der Waals surface area contributed by atoms with Crippen LogP contribution < -0.4 is 11.3 Å². The highest BCUT2D eigenvalue weighted by molar-refractivity contribution is 5.94. The van der Waals surface area contributed by atoms with Gasteiger partial charge in [0.2, 0.25) is 0 Å². The van der Waals surface area contributed by atoms with Crippen LogP contribution in [-0.4, -0.2) is 39.3 Å². The number of carbonyl (C=O) groups is 1. The molecule has 2 aromatic heterocycles. The average molecular weight is 300 g/mol. The maximum Gasteiger partial charge on any atom is 0.270 e. The van der Waals surface area contributed by atoms with Crippen molar-refractivity contribution in [3.05, 3.63) is 46.0 Å². The number of hydrogen-bond donors (Lipinski definition) is 1. The maximum absolute atomic E-state index is 12.7. The first-order chi connectivity index (χ1) is 10.5. The third-order valence-electron chi connectivity index (χ3n) is 4.35. The lowest BCUT2D eigenvalue weighted by atomic mass is 10.1. The third-order valence-corrected chi connectivity index (χ3v) is 4.35. The number of amides is 1. The zero-order valence-electron chi connectivity index (χ0n) is 12.8. The van der Waals surface area contributed by atoms with Gasteiger partial charge in [0.25, 0.3) is 11.5 Å². The quantitative estimate of drug-likeness (QED) is 0.890. The predicted octanol–water partition coefficient (Wildman–Crippen LogP) is 0.812. The molecule has 3 rings (SSSR count). The zero-order valence-corrected chi connectivity index (χ0v) is 12.8. The van der Waals surface area contributed by atoms with Crippen LogP contribution in [0.2, 0.25) is 0 Å². The highest BCUT2D eigenvalue weighted by Gasteiger charge is 2.33. The van der Waals surface area contributed by atoms with Crippen LogP contribution in [-0.2, 0) is 0 Å². The molecule has 6 nitrogen and oxygen atoms in total. The molecular weight excluding hydrogens is 280 g/mol. The van der Waals surface area contributed by atoms with Gasteiger partial charge in [0.15, 0.2) is 0 Å². The fourth-order valence-corrected chi connectivity index (χ4v) is 3.07. The molecule has 1 aliphatic heterocycles. The Bertz CT molecular complexity index is 783. The number of carbonyl (C=O) groups excluding carboxylic acids is 1. The molecule has 2 unspecified atom stereocenters. The molecule has 1 amide bonds. The second-order valence-corrected chi connectivity index (χ2v) is 6.05. The summed E-state index contributed by atoms with van der Waals surface area (Å²) in [6.45, 7) is 5.09. The second kappa shape index (κ2) is 5.53. The number of nitrogens with zero attached hydrogens (tertiary/aromatic N) is 3. The summed E-state index contributed by atoms with van der Waals surface area (Å²) in [5.74, 6) is 0.0497. The lowest BCUT2D eigenvalue weighted by Gasteiger charge is -2.21. The molecule has 2 aromatic rings. The molecule has 0 aliphatic carbocycles. The smallest absolute Gasteiger partial charge is 0.270 e. The molecule has 0 bridgehead atoms. The number of fused-ring (bicyclic) bond motifs is 1. The van der Waals surface area contributed by atoms with Crippen molar-refractivity contribution in [3.63, 3.8) is 0 Å². The zero-order chi connectivity index (χ0) is 15.9. The van der Waals surface area contributed by atoms with Crippen molar-refractivity contribution in [3.8, 4) is 0 Å². The summed E-state index contributed by atoms with van der Waals surface area (Å²) in [6.07, 6.45) is 3.93. The maximum atomic E-state index is 12.7. The normalized spacial score (nSPS) is 21.5. The molecule has 22 heavy (non-hydrogen) atoms. The number of aromatic nitrogens is 2. The van der Waals surface area contributed by atoms with Gasteiger partial charge in [-0.05, 0) is 50.4 Å². The Hall–Kier alpha value is -2.21. The van der Waals surface area contributed by atoms with E-state index in [4.69, 9.17) is 5.73 Å². The van der Waals surface area contributed by atoms with Crippen LogP contribution in [0.4, 0.5) is 0 Å². The topological polar surface area (TPSA) is 80.7 Å². The number of likely N-dealkylation sites (tertiary alicyclic amines) is 1. The van der Waals surface area contributed by atoms with Crippen LogP contribution in [0.15, 0.2) is 29.3 Å². The Labute approximate surface area is 128 Å². The number of rotatable bonds is 2. The standard InChI is InChI=1S/C16H20N4O2/c1-10-3-4-19-14(5-10)18-8-13(15(19)21)16(22)20-9-12(7-17)6-11(20)2/h3-5,8,11-12H,6-7,9,17H2,1-2H3. The first-order valence-corrected chi connectivity index (χ1v) is 7.50. The van der Waals surface area contributed by atoms with E-state index in [1.54, 1.807) is 11.1 Å². The van der Waals surface area contributed by atoms with E-state index in [0.29, 0.717) is 24.7 Å². The van der Waals surface area contributed by atoms with Crippen LogP contribution >= 0.6 is 0 Å². The van der Waals surface area contributed by atoms with E-state index in [9.17, 15) is 9.59 Å². The SMILES string of the molecule is Cc1ccn2c(=O)c(C(=O)N3CC(CN)CC3C)cnc2c1. The van der Waals surface area contributed by atoms with Crippen LogP contribution in [0.5, 0.6) is 0 Å². The van der Waals surface area contributed by atoms with Crippen LogP contribution in [0, 0.1) is 12.8 Å². The summed E-state index contributed by atoms with van der Waals surface area (Å²) < 4.78 is 1.42. The van der Waals surface area contributed by atoms with E-state index in [2.05, 4.69) is 4.98 Å². The van der Waals surface area contributed by atoms with E-state index >= 15 is 0 Å². The van der Waals surface area contributed by atoms with Crippen molar-refractivity contribution >= 4 is 11.6 Å². The minimum absolute atomic E-state index is 0.0964. The number of hydrogen-bond acceptors (Lipinski definition) is 4. The van der Waals surface area contributed by atoms with Crippen LogP contribution in [0.25, 0.3) is 5.65 Å². The summed E-state index contributed by atoms with van der Waals surface area (Å²) in [6, 6.07) is 3.74. The number of pyridine rings is 1. The monoisotopic (exact) mass is 300 g/mol. The van der Waals surface area contributed by atoms with E-state index < -0.39 is 0 Å². The van der Waals surface area contributed by atoms with Gasteiger partial charge in [-0.3, -0.25) is 14.0 Å². The van der Waals surface area contributed by atoms with Gasteiger partial charge in [-0.25, -0.2) is 4.98 Å². The summed E-state index contributed by atoms with van der Waals surface area (Å²) in [5, 5.41) is 0. The number of aryl methyl sites for hydroxylation is 1. The van der Waals surface area contributed by atoms with Gasteiger partial charge in [0.05, 0.1) is 0 Å². The van der Waals surface area contributed by atoms with Gasteiger partial charge in [-0.2, -0.15) is 0 Å². The van der Waals surface area contributed by atoms with Crippen molar-refractivity contribution in [1.29, 1.82) is 0 Å². The Morgan fingerprint density at radius 2 is 2.27 bits per heavy atom. The summed E-state index contributed by atoms with van der Waals surface area (Å²) >= 11 is 0. The minimum Gasteiger partial charge on any atom is -0.335 e. The van der Waals surface area contributed by atoms with Gasteiger partial charge in [0.1, 0.15) is 11.2 Å².